The Labute approximate surface area is 145 Å². The van der Waals surface area contributed by atoms with E-state index in [9.17, 15) is 14.4 Å². The van der Waals surface area contributed by atoms with Gasteiger partial charge in [-0.3, -0.25) is 9.59 Å². The van der Waals surface area contributed by atoms with Gasteiger partial charge in [-0.25, -0.2) is 4.79 Å². The van der Waals surface area contributed by atoms with Gasteiger partial charge in [0.2, 0.25) is 11.8 Å². The highest BCUT2D eigenvalue weighted by molar-refractivity contribution is 5.98. The summed E-state index contributed by atoms with van der Waals surface area (Å²) >= 11 is 0. The summed E-state index contributed by atoms with van der Waals surface area (Å²) in [7, 11) is 0. The Bertz CT molecular complexity index is 857. The van der Waals surface area contributed by atoms with Gasteiger partial charge in [0.1, 0.15) is 11.9 Å². The second-order valence-corrected chi connectivity index (χ2v) is 6.31. The predicted octanol–water partition coefficient (Wildman–Crippen LogP) is 1.52. The van der Waals surface area contributed by atoms with Crippen LogP contribution in [0.1, 0.15) is 29.7 Å². The van der Waals surface area contributed by atoms with Crippen molar-refractivity contribution in [3.8, 4) is 0 Å². The molecule has 1 aromatic carbocycles. The van der Waals surface area contributed by atoms with Crippen LogP contribution in [0.25, 0.3) is 0 Å². The van der Waals surface area contributed by atoms with Crippen molar-refractivity contribution in [3.05, 3.63) is 57.6 Å². The van der Waals surface area contributed by atoms with Gasteiger partial charge in [-0.05, 0) is 25.8 Å². The Balaban J connectivity index is 1.75. The third kappa shape index (κ3) is 3.93. The molecule has 2 N–H and O–H groups in total. The molecule has 0 bridgehead atoms. The molecule has 2 aromatic rings. The number of amides is 2. The summed E-state index contributed by atoms with van der Waals surface area (Å²) in [5.41, 5.74) is 2.20. The molecular formula is C18H20N4O3. The first-order chi connectivity index (χ1) is 11.9. The van der Waals surface area contributed by atoms with E-state index >= 15 is 0 Å². The molecule has 1 fully saturated rings. The van der Waals surface area contributed by atoms with Gasteiger partial charge < -0.3 is 15.2 Å². The summed E-state index contributed by atoms with van der Waals surface area (Å²) in [6.45, 7) is 4.10. The molecule has 2 heterocycles. The first-order valence-corrected chi connectivity index (χ1v) is 8.16. The van der Waals surface area contributed by atoms with Crippen molar-refractivity contribution in [2.75, 3.05) is 5.32 Å². The Kier molecular flexibility index (Phi) is 4.65. The zero-order valence-electron chi connectivity index (χ0n) is 14.2. The average Bonchev–Trinajstić information content (AvgIpc) is 2.89. The Hall–Kier alpha value is -2.96. The number of likely N-dealkylation sites (tertiary alicyclic amines) is 1. The number of nitrogens with one attached hydrogen (secondary N) is 2. The molecule has 2 amide bonds. The van der Waals surface area contributed by atoms with Crippen molar-refractivity contribution < 1.29 is 9.59 Å². The van der Waals surface area contributed by atoms with E-state index in [0.29, 0.717) is 25.1 Å². The van der Waals surface area contributed by atoms with Gasteiger partial charge in [0, 0.05) is 24.7 Å². The van der Waals surface area contributed by atoms with E-state index in [1.54, 1.807) is 17.9 Å². The maximum absolute atomic E-state index is 12.6. The van der Waals surface area contributed by atoms with Crippen molar-refractivity contribution in [1.82, 2.24) is 14.9 Å². The number of nitrogens with zero attached hydrogens (tertiary/aromatic N) is 2. The lowest BCUT2D eigenvalue weighted by Gasteiger charge is -2.24. The molecule has 0 radical (unpaired) electrons. The predicted molar refractivity (Wildman–Crippen MR) is 93.0 cm³/mol. The van der Waals surface area contributed by atoms with Crippen LogP contribution in [0.5, 0.6) is 0 Å². The van der Waals surface area contributed by atoms with Crippen LogP contribution in [0.4, 0.5) is 5.82 Å². The minimum atomic E-state index is -0.560. The molecule has 1 saturated heterocycles. The number of benzene rings is 1. The minimum absolute atomic E-state index is 0.0456. The lowest BCUT2D eigenvalue weighted by Crippen LogP contribution is -2.41. The SMILES string of the molecule is Cc1ccc(CN2C(=O)CCC2C(=O)Nc2cc(C)[nH]c(=O)n2)cc1. The van der Waals surface area contributed by atoms with E-state index < -0.39 is 11.7 Å². The summed E-state index contributed by atoms with van der Waals surface area (Å²) in [5.74, 6) is -0.174. The molecule has 25 heavy (non-hydrogen) atoms. The van der Waals surface area contributed by atoms with Gasteiger partial charge >= 0.3 is 5.69 Å². The molecule has 0 spiro atoms. The Morgan fingerprint density at radius 1 is 1.28 bits per heavy atom. The van der Waals surface area contributed by atoms with Crippen LogP contribution in [-0.4, -0.2) is 32.7 Å². The molecule has 7 nitrogen and oxygen atoms in total. The number of carbonyl (C=O) groups excluding carboxylic acids is 2. The largest absolute Gasteiger partial charge is 0.347 e. The molecule has 130 valence electrons. The monoisotopic (exact) mass is 340 g/mol. The van der Waals surface area contributed by atoms with Crippen molar-refractivity contribution >= 4 is 17.6 Å². The summed E-state index contributed by atoms with van der Waals surface area (Å²) in [5, 5.41) is 2.65. The van der Waals surface area contributed by atoms with E-state index in [4.69, 9.17) is 0 Å². The number of carbonyl (C=O) groups is 2. The van der Waals surface area contributed by atoms with Gasteiger partial charge in [0.25, 0.3) is 0 Å². The van der Waals surface area contributed by atoms with Crippen molar-refractivity contribution in [3.63, 3.8) is 0 Å². The van der Waals surface area contributed by atoms with Crippen molar-refractivity contribution in [2.24, 2.45) is 0 Å². The second-order valence-electron chi connectivity index (χ2n) is 6.31. The normalized spacial score (nSPS) is 17.0. The summed E-state index contributed by atoms with van der Waals surface area (Å²) in [6, 6.07) is 8.90. The van der Waals surface area contributed by atoms with Crippen LogP contribution in [0, 0.1) is 13.8 Å². The lowest BCUT2D eigenvalue weighted by molar-refractivity contribution is -0.133. The van der Waals surface area contributed by atoms with E-state index in [2.05, 4.69) is 15.3 Å². The Morgan fingerprint density at radius 3 is 2.68 bits per heavy atom. The fourth-order valence-corrected chi connectivity index (χ4v) is 2.95. The second kappa shape index (κ2) is 6.88. The molecule has 1 aromatic heterocycles. The smallest absolute Gasteiger partial charge is 0.326 e. The standard InChI is InChI=1S/C18H20N4O3/c1-11-3-5-13(6-4-11)10-22-14(7-8-16(22)23)17(24)20-15-9-12(2)19-18(25)21-15/h3-6,9,14H,7-8,10H2,1-2H3,(H2,19,20,21,24,25). The third-order valence-corrected chi connectivity index (χ3v) is 4.23. The first-order valence-electron chi connectivity index (χ1n) is 8.16. The van der Waals surface area contributed by atoms with Crippen LogP contribution in [-0.2, 0) is 16.1 Å². The maximum atomic E-state index is 12.6. The average molecular weight is 340 g/mol. The molecule has 0 saturated carbocycles. The topological polar surface area (TPSA) is 95.2 Å². The number of hydrogen-bond donors (Lipinski definition) is 2. The number of aryl methyl sites for hydroxylation is 2. The van der Waals surface area contributed by atoms with E-state index in [-0.39, 0.29) is 17.6 Å². The molecule has 1 aliphatic rings. The highest BCUT2D eigenvalue weighted by Gasteiger charge is 2.36. The van der Waals surface area contributed by atoms with Crippen LogP contribution in [0.15, 0.2) is 35.1 Å². The van der Waals surface area contributed by atoms with Gasteiger partial charge in [0.05, 0.1) is 0 Å². The zero-order chi connectivity index (χ0) is 18.0. The van der Waals surface area contributed by atoms with Crippen LogP contribution >= 0.6 is 0 Å². The molecule has 1 unspecified atom stereocenters. The molecule has 7 heteroatoms. The van der Waals surface area contributed by atoms with E-state index in [1.807, 2.05) is 31.2 Å². The van der Waals surface area contributed by atoms with E-state index in [1.165, 1.54) is 0 Å². The number of anilines is 1. The van der Waals surface area contributed by atoms with Crippen molar-refractivity contribution in [1.29, 1.82) is 0 Å². The molecule has 1 atom stereocenters. The molecule has 3 rings (SSSR count). The fourth-order valence-electron chi connectivity index (χ4n) is 2.95. The summed E-state index contributed by atoms with van der Waals surface area (Å²) in [4.78, 5) is 44.0. The van der Waals surface area contributed by atoms with Gasteiger partial charge in [0.15, 0.2) is 0 Å². The fraction of sp³-hybridized carbons (Fsp3) is 0.333. The zero-order valence-corrected chi connectivity index (χ0v) is 14.2. The lowest BCUT2D eigenvalue weighted by atomic mass is 10.1. The van der Waals surface area contributed by atoms with E-state index in [0.717, 1.165) is 11.1 Å². The quantitative estimate of drug-likeness (QED) is 0.882. The third-order valence-electron chi connectivity index (χ3n) is 4.23. The number of aromatic amines is 1. The number of rotatable bonds is 4. The molecule has 1 aliphatic heterocycles. The van der Waals surface area contributed by atoms with Crippen LogP contribution in [0.3, 0.4) is 0 Å². The number of hydrogen-bond acceptors (Lipinski definition) is 4. The highest BCUT2D eigenvalue weighted by Crippen LogP contribution is 2.23. The first kappa shape index (κ1) is 16.9. The van der Waals surface area contributed by atoms with Gasteiger partial charge in [-0.1, -0.05) is 29.8 Å². The number of aromatic nitrogens is 2. The number of H-pyrrole nitrogens is 1. The molecular weight excluding hydrogens is 320 g/mol. The minimum Gasteiger partial charge on any atom is -0.326 e. The Morgan fingerprint density at radius 2 is 2.00 bits per heavy atom. The van der Waals surface area contributed by atoms with Gasteiger partial charge in [-0.15, -0.1) is 0 Å². The summed E-state index contributed by atoms with van der Waals surface area (Å²) in [6.07, 6.45) is 0.796. The van der Waals surface area contributed by atoms with Crippen LogP contribution < -0.4 is 11.0 Å². The highest BCUT2D eigenvalue weighted by atomic mass is 16.2. The summed E-state index contributed by atoms with van der Waals surface area (Å²) < 4.78 is 0. The molecule has 0 aliphatic carbocycles. The maximum Gasteiger partial charge on any atom is 0.347 e. The van der Waals surface area contributed by atoms with Crippen LogP contribution in [0.2, 0.25) is 0 Å². The van der Waals surface area contributed by atoms with Crippen molar-refractivity contribution in [2.45, 2.75) is 39.3 Å². The van der Waals surface area contributed by atoms with Gasteiger partial charge in [-0.2, -0.15) is 4.98 Å².